The van der Waals surface area contributed by atoms with Crippen molar-refractivity contribution in [3.63, 3.8) is 0 Å². The molecule has 2 aromatic carbocycles. The third-order valence-corrected chi connectivity index (χ3v) is 6.17. The van der Waals surface area contributed by atoms with E-state index in [-0.39, 0.29) is 0 Å². The van der Waals surface area contributed by atoms with Crippen molar-refractivity contribution in [2.24, 2.45) is 4.99 Å². The van der Waals surface area contributed by atoms with E-state index in [9.17, 15) is 0 Å². The molecule has 1 saturated heterocycles. The molecule has 0 radical (unpaired) electrons. The van der Waals surface area contributed by atoms with E-state index in [1.165, 1.54) is 16.5 Å². The maximum Gasteiger partial charge on any atom is 0.138 e. The Hall–Kier alpha value is -1.63. The van der Waals surface area contributed by atoms with Crippen LogP contribution in [0.5, 0.6) is 0 Å². The van der Waals surface area contributed by atoms with Crippen molar-refractivity contribution in [3.05, 3.63) is 57.1 Å². The Kier molecular flexibility index (Phi) is 3.95. The summed E-state index contributed by atoms with van der Waals surface area (Å²) in [5.41, 5.74) is 4.54. The number of halogens is 2. The highest BCUT2D eigenvalue weighted by Crippen LogP contribution is 2.37. The number of fused-ring (bicyclic) bond motifs is 2. The van der Waals surface area contributed by atoms with Crippen molar-refractivity contribution in [2.75, 3.05) is 33.2 Å². The van der Waals surface area contributed by atoms with Gasteiger partial charge in [-0.05, 0) is 43.4 Å². The van der Waals surface area contributed by atoms with Gasteiger partial charge in [0.25, 0.3) is 0 Å². The van der Waals surface area contributed by atoms with Crippen molar-refractivity contribution in [2.45, 2.75) is 0 Å². The van der Waals surface area contributed by atoms with Crippen LogP contribution in [0.2, 0.25) is 0 Å². The number of hydrogen-bond donors (Lipinski definition) is 0. The summed E-state index contributed by atoms with van der Waals surface area (Å²) in [6.45, 7) is 4.10. The van der Waals surface area contributed by atoms with Gasteiger partial charge in [-0.2, -0.15) is 0 Å². The van der Waals surface area contributed by atoms with E-state index >= 15 is 0 Å². The van der Waals surface area contributed by atoms with Crippen LogP contribution in [-0.2, 0) is 0 Å². The second kappa shape index (κ2) is 6.22. The smallest absolute Gasteiger partial charge is 0.138 e. The molecule has 2 aliphatic rings. The summed E-state index contributed by atoms with van der Waals surface area (Å²) in [6, 6.07) is 12.9. The normalized spacial score (nSPS) is 17.2. The van der Waals surface area contributed by atoms with E-state index in [0.29, 0.717) is 0 Å². The minimum Gasteiger partial charge on any atom is -0.353 e. The van der Waals surface area contributed by atoms with Gasteiger partial charge in [-0.15, -0.1) is 0 Å². The molecule has 3 heterocycles. The van der Waals surface area contributed by atoms with Gasteiger partial charge in [-0.3, -0.25) is 0 Å². The van der Waals surface area contributed by atoms with Crippen LogP contribution in [-0.4, -0.2) is 53.4 Å². The molecule has 1 fully saturated rings. The van der Waals surface area contributed by atoms with Crippen LogP contribution in [0, 0.1) is 0 Å². The quantitative estimate of drug-likeness (QED) is 0.468. The number of hydrogen-bond acceptors (Lipinski definition) is 3. The molecule has 0 unspecified atom stereocenters. The summed E-state index contributed by atoms with van der Waals surface area (Å²) in [7, 11) is 2.18. The summed E-state index contributed by atoms with van der Waals surface area (Å²) in [5.74, 6) is 1.07. The Morgan fingerprint density at radius 2 is 1.73 bits per heavy atom. The van der Waals surface area contributed by atoms with Crippen LogP contribution in [0.3, 0.4) is 0 Å². The molecule has 0 spiro atoms. The fraction of sp³-hybridized carbons (Fsp3) is 0.250. The molecule has 26 heavy (non-hydrogen) atoms. The van der Waals surface area contributed by atoms with Gasteiger partial charge in [0, 0.05) is 52.3 Å². The number of piperazine rings is 1. The van der Waals surface area contributed by atoms with Gasteiger partial charge in [0.05, 0.1) is 16.9 Å². The van der Waals surface area contributed by atoms with Crippen LogP contribution in [0.25, 0.3) is 16.6 Å². The first-order chi connectivity index (χ1) is 12.6. The molecule has 0 aliphatic carbocycles. The van der Waals surface area contributed by atoms with Crippen LogP contribution < -0.4 is 0 Å². The van der Waals surface area contributed by atoms with E-state index in [0.717, 1.165) is 52.3 Å². The highest BCUT2D eigenvalue weighted by molar-refractivity contribution is 9.10. The molecule has 5 rings (SSSR count). The van der Waals surface area contributed by atoms with Crippen molar-refractivity contribution in [1.29, 1.82) is 0 Å². The third-order valence-electron chi connectivity index (χ3n) is 5.22. The molecule has 132 valence electrons. The van der Waals surface area contributed by atoms with Crippen molar-refractivity contribution in [3.8, 4) is 5.69 Å². The molecular formula is C20H18Br2N4. The highest BCUT2D eigenvalue weighted by atomic mass is 79.9. The van der Waals surface area contributed by atoms with Gasteiger partial charge in [0.2, 0.25) is 0 Å². The largest absolute Gasteiger partial charge is 0.353 e. The van der Waals surface area contributed by atoms with E-state index in [4.69, 9.17) is 4.99 Å². The summed E-state index contributed by atoms with van der Waals surface area (Å²) in [4.78, 5) is 9.95. The Morgan fingerprint density at radius 3 is 2.54 bits per heavy atom. The predicted octanol–water partition coefficient (Wildman–Crippen LogP) is 4.79. The second-order valence-corrected chi connectivity index (χ2v) is 8.77. The fourth-order valence-corrected chi connectivity index (χ4v) is 4.66. The first-order valence-electron chi connectivity index (χ1n) is 8.73. The lowest BCUT2D eigenvalue weighted by molar-refractivity contribution is 0.216. The molecule has 3 aromatic rings. The fourth-order valence-electron chi connectivity index (χ4n) is 3.84. The minimum atomic E-state index is 0.993. The van der Waals surface area contributed by atoms with Gasteiger partial charge in [-0.1, -0.05) is 31.9 Å². The maximum absolute atomic E-state index is 5.15. The number of nitrogens with zero attached hydrogens (tertiary/aromatic N) is 4. The topological polar surface area (TPSA) is 23.8 Å². The molecule has 0 atom stereocenters. The number of aromatic nitrogens is 1. The molecule has 1 aromatic heterocycles. The van der Waals surface area contributed by atoms with Gasteiger partial charge >= 0.3 is 0 Å². The highest BCUT2D eigenvalue weighted by Gasteiger charge is 2.25. The van der Waals surface area contributed by atoms with Crippen molar-refractivity contribution in [1.82, 2.24) is 14.4 Å². The summed E-state index contributed by atoms with van der Waals surface area (Å²) in [5, 5.41) is 1.23. The average Bonchev–Trinajstić information content (AvgIpc) is 2.98. The third kappa shape index (κ3) is 2.63. The Bertz CT molecular complexity index is 1050. The molecule has 4 nitrogen and oxygen atoms in total. The zero-order valence-corrected chi connectivity index (χ0v) is 17.6. The van der Waals surface area contributed by atoms with Gasteiger partial charge < -0.3 is 14.4 Å². The Morgan fingerprint density at radius 1 is 0.923 bits per heavy atom. The zero-order chi connectivity index (χ0) is 17.8. The van der Waals surface area contributed by atoms with Gasteiger partial charge in [-0.25, -0.2) is 4.99 Å². The number of rotatable bonds is 0. The molecule has 0 bridgehead atoms. The SMILES string of the molecule is CN1CCN(C2=Nc3cc(Br)ccc3-n3ccc4cc(Br)cc2c43)CC1. The predicted molar refractivity (Wildman–Crippen MR) is 114 cm³/mol. The first kappa shape index (κ1) is 16.5. The number of likely N-dealkylation sites (N-methyl/N-ethyl adjacent to an activating group) is 1. The lowest BCUT2D eigenvalue weighted by Crippen LogP contribution is -2.47. The van der Waals surface area contributed by atoms with Crippen LogP contribution in [0.4, 0.5) is 5.69 Å². The van der Waals surface area contributed by atoms with Crippen LogP contribution >= 0.6 is 31.9 Å². The number of amidine groups is 1. The lowest BCUT2D eigenvalue weighted by Gasteiger charge is -2.34. The average molecular weight is 474 g/mol. The van der Waals surface area contributed by atoms with E-state index in [2.05, 4.69) is 95.9 Å². The monoisotopic (exact) mass is 472 g/mol. The standard InChI is InChI=1S/C20H18Br2N4/c1-24-6-8-25(9-7-24)20-16-11-15(22)10-13-4-5-26(19(13)16)18-3-2-14(21)12-17(18)23-20/h2-5,10-12H,6-9H2,1H3. The molecule has 0 saturated carbocycles. The van der Waals surface area contributed by atoms with Crippen LogP contribution in [0.15, 0.2) is 56.5 Å². The van der Waals surface area contributed by atoms with Gasteiger partial charge in [0.15, 0.2) is 0 Å². The summed E-state index contributed by atoms with van der Waals surface area (Å²) >= 11 is 7.30. The molecule has 0 amide bonds. The molecular weight excluding hydrogens is 456 g/mol. The van der Waals surface area contributed by atoms with E-state index in [1.54, 1.807) is 0 Å². The number of aliphatic imine (C=N–C) groups is 1. The number of benzene rings is 2. The van der Waals surface area contributed by atoms with Crippen molar-refractivity contribution >= 4 is 54.3 Å². The summed E-state index contributed by atoms with van der Waals surface area (Å²) in [6.07, 6.45) is 2.15. The van der Waals surface area contributed by atoms with E-state index in [1.807, 2.05) is 0 Å². The first-order valence-corrected chi connectivity index (χ1v) is 10.3. The molecule has 0 N–H and O–H groups in total. The lowest BCUT2D eigenvalue weighted by atomic mass is 10.1. The summed E-state index contributed by atoms with van der Waals surface area (Å²) < 4.78 is 4.41. The Balaban J connectivity index is 1.80. The molecule has 2 aliphatic heterocycles. The zero-order valence-electron chi connectivity index (χ0n) is 14.4. The van der Waals surface area contributed by atoms with Crippen molar-refractivity contribution < 1.29 is 0 Å². The second-order valence-electron chi connectivity index (χ2n) is 6.94. The van der Waals surface area contributed by atoms with E-state index < -0.39 is 0 Å². The van der Waals surface area contributed by atoms with Gasteiger partial charge in [0.1, 0.15) is 5.84 Å². The molecule has 6 heteroatoms. The maximum atomic E-state index is 5.15. The van der Waals surface area contributed by atoms with Crippen LogP contribution in [0.1, 0.15) is 5.56 Å². The Labute approximate surface area is 169 Å². The minimum absolute atomic E-state index is 0.993.